The number of methoxy groups -OCH3 is 1. The Morgan fingerprint density at radius 3 is 2.45 bits per heavy atom. The smallest absolute Gasteiger partial charge is 0.330 e. The van der Waals surface area contributed by atoms with Gasteiger partial charge in [-0.25, -0.2) is 4.79 Å². The molecule has 0 aromatic carbocycles. The molecule has 0 aromatic rings. The summed E-state index contributed by atoms with van der Waals surface area (Å²) in [5.41, 5.74) is -0.307. The molecule has 0 aromatic heterocycles. The Balaban J connectivity index is 1.34. The van der Waals surface area contributed by atoms with Crippen LogP contribution in [0.2, 0.25) is 0 Å². The lowest BCUT2D eigenvalue weighted by atomic mass is 9.41. The van der Waals surface area contributed by atoms with Gasteiger partial charge in [0.2, 0.25) is 0 Å². The Morgan fingerprint density at radius 1 is 0.975 bits per heavy atom. The summed E-state index contributed by atoms with van der Waals surface area (Å²) >= 11 is 0. The van der Waals surface area contributed by atoms with Crippen molar-refractivity contribution in [2.24, 2.45) is 28.6 Å². The molecule has 3 saturated carbocycles. The summed E-state index contributed by atoms with van der Waals surface area (Å²) in [7, 11) is 1.29. The maximum Gasteiger partial charge on any atom is 0.330 e. The van der Waals surface area contributed by atoms with E-state index >= 15 is 0 Å². The number of hydrogen-bond acceptors (Lipinski definition) is 9. The molecule has 5 aliphatic rings. The van der Waals surface area contributed by atoms with Crippen LogP contribution in [0.15, 0.2) is 23.8 Å². The van der Waals surface area contributed by atoms with Gasteiger partial charge in [-0.1, -0.05) is 25.5 Å². The van der Waals surface area contributed by atoms with E-state index in [9.17, 15) is 30.0 Å². The Kier molecular flexibility index (Phi) is 8.13. The van der Waals surface area contributed by atoms with Crippen molar-refractivity contribution in [3.8, 4) is 0 Å². The van der Waals surface area contributed by atoms with E-state index in [4.69, 9.17) is 9.47 Å². The molecule has 5 rings (SSSR count). The molecule has 1 heterocycles. The summed E-state index contributed by atoms with van der Waals surface area (Å²) in [6.07, 6.45) is 5.96. The number of carbonyl (C=O) groups is 2. The highest BCUT2D eigenvalue weighted by Gasteiger charge is 2.65. The molecule has 12 atom stereocenters. The van der Waals surface area contributed by atoms with E-state index in [1.165, 1.54) is 24.8 Å². The van der Waals surface area contributed by atoms with Gasteiger partial charge in [-0.2, -0.15) is 0 Å². The molecular formula is C31H46O9. The number of aliphatic hydroxyl groups is 4. The SMILES string of the molecule is COC(=O)/C=C/C(=O)[C@H]1CCC[C@]2(O)[C@@H]3CCC4=C[C@@H](O[C@@H]5O[C@@H](C)[C@H](O)[C@@H](O)[C@H]5O)CC[C@]4(C)[C@H]3CC[C@]12C. The minimum absolute atomic E-state index is 0.0760. The third-order valence-corrected chi connectivity index (χ3v) is 11.5. The van der Waals surface area contributed by atoms with Crippen molar-refractivity contribution in [1.82, 2.24) is 0 Å². The van der Waals surface area contributed by atoms with Crippen LogP contribution >= 0.6 is 0 Å². The molecule has 0 spiro atoms. The quantitative estimate of drug-likeness (QED) is 0.226. The second-order valence-corrected chi connectivity index (χ2v) is 13.3. The van der Waals surface area contributed by atoms with E-state index in [0.717, 1.165) is 44.9 Å². The van der Waals surface area contributed by atoms with Crippen LogP contribution in [0.5, 0.6) is 0 Å². The summed E-state index contributed by atoms with van der Waals surface area (Å²) in [4.78, 5) is 24.9. The number of esters is 1. The fraction of sp³-hybridized carbons (Fsp3) is 0.806. The molecule has 4 fully saturated rings. The second-order valence-electron chi connectivity index (χ2n) is 13.3. The molecule has 9 heteroatoms. The Labute approximate surface area is 236 Å². The fourth-order valence-corrected chi connectivity index (χ4v) is 9.07. The number of ether oxygens (including phenoxy) is 3. The number of ketones is 1. The topological polar surface area (TPSA) is 143 Å². The van der Waals surface area contributed by atoms with Crippen LogP contribution in [0.4, 0.5) is 0 Å². The molecule has 0 unspecified atom stereocenters. The fourth-order valence-electron chi connectivity index (χ4n) is 9.07. The van der Waals surface area contributed by atoms with Gasteiger partial charge in [0, 0.05) is 17.4 Å². The van der Waals surface area contributed by atoms with Gasteiger partial charge >= 0.3 is 5.97 Å². The van der Waals surface area contributed by atoms with E-state index in [-0.39, 0.29) is 35.1 Å². The van der Waals surface area contributed by atoms with Gasteiger partial charge in [0.1, 0.15) is 18.3 Å². The Bertz CT molecular complexity index is 1060. The summed E-state index contributed by atoms with van der Waals surface area (Å²) in [5.74, 6) is -0.643. The highest BCUT2D eigenvalue weighted by molar-refractivity contribution is 5.97. The molecule has 9 nitrogen and oxygen atoms in total. The lowest BCUT2D eigenvalue weighted by Crippen LogP contribution is -2.66. The molecule has 0 radical (unpaired) electrons. The first kappa shape index (κ1) is 29.9. The van der Waals surface area contributed by atoms with Crippen LogP contribution in [0.1, 0.15) is 78.6 Å². The van der Waals surface area contributed by atoms with Crippen molar-refractivity contribution in [2.45, 2.75) is 121 Å². The molecule has 0 bridgehead atoms. The average molecular weight is 563 g/mol. The van der Waals surface area contributed by atoms with E-state index < -0.39 is 47.7 Å². The van der Waals surface area contributed by atoms with Crippen LogP contribution in [0.25, 0.3) is 0 Å². The van der Waals surface area contributed by atoms with Crippen molar-refractivity contribution in [3.63, 3.8) is 0 Å². The van der Waals surface area contributed by atoms with Gasteiger partial charge in [-0.3, -0.25) is 4.79 Å². The third-order valence-electron chi connectivity index (χ3n) is 11.5. The molecule has 4 aliphatic carbocycles. The minimum Gasteiger partial charge on any atom is -0.466 e. The van der Waals surface area contributed by atoms with E-state index in [1.54, 1.807) is 6.92 Å². The third kappa shape index (κ3) is 4.71. The largest absolute Gasteiger partial charge is 0.466 e. The van der Waals surface area contributed by atoms with E-state index in [0.29, 0.717) is 12.8 Å². The number of aliphatic hydroxyl groups excluding tert-OH is 3. The van der Waals surface area contributed by atoms with Crippen LogP contribution in [0, 0.1) is 28.6 Å². The normalized spacial score (nSPS) is 48.9. The summed E-state index contributed by atoms with van der Waals surface area (Å²) in [5, 5.41) is 43.1. The molecular weight excluding hydrogens is 516 g/mol. The van der Waals surface area contributed by atoms with Crippen molar-refractivity contribution in [1.29, 1.82) is 0 Å². The number of rotatable bonds is 5. The average Bonchev–Trinajstić information content (AvgIpc) is 2.93. The molecule has 1 aliphatic heterocycles. The first-order valence-corrected chi connectivity index (χ1v) is 14.9. The van der Waals surface area contributed by atoms with Crippen LogP contribution in [0.3, 0.4) is 0 Å². The van der Waals surface area contributed by atoms with Crippen LogP contribution < -0.4 is 0 Å². The Hall–Kier alpha value is -1.62. The summed E-state index contributed by atoms with van der Waals surface area (Å²) in [6, 6.07) is 0. The standard InChI is InChI=1S/C31H46O9/c1-17-25(34)26(35)27(36)28(39-17)40-19-11-14-29(2)18(16-19)7-8-21-20(29)12-15-30(3)22(6-5-13-31(21,30)37)23(32)9-10-24(33)38-4/h9-10,16-17,19-22,25-28,34-37H,5-8,11-15H2,1-4H3/b10-9+/t17-,19-,20-,21+,22+,25-,26+,27+,28-,29-,30+,31-/m0/s1. The lowest BCUT2D eigenvalue weighted by molar-refractivity contribution is -0.301. The number of allylic oxidation sites excluding steroid dienone is 2. The van der Waals surface area contributed by atoms with Crippen molar-refractivity contribution >= 4 is 11.8 Å². The second kappa shape index (κ2) is 10.9. The number of hydrogen-bond donors (Lipinski definition) is 4. The highest BCUT2D eigenvalue weighted by Crippen LogP contribution is 2.67. The lowest BCUT2D eigenvalue weighted by Gasteiger charge is -2.65. The molecule has 224 valence electrons. The summed E-state index contributed by atoms with van der Waals surface area (Å²) < 4.78 is 16.5. The maximum atomic E-state index is 13.3. The van der Waals surface area contributed by atoms with Gasteiger partial charge in [0.25, 0.3) is 0 Å². The van der Waals surface area contributed by atoms with E-state index in [2.05, 4.69) is 24.7 Å². The maximum absolute atomic E-state index is 13.3. The van der Waals surface area contributed by atoms with Gasteiger partial charge in [-0.05, 0) is 88.0 Å². The van der Waals surface area contributed by atoms with Crippen molar-refractivity contribution in [3.05, 3.63) is 23.8 Å². The first-order chi connectivity index (χ1) is 18.9. The van der Waals surface area contributed by atoms with Crippen molar-refractivity contribution < 1.29 is 44.2 Å². The van der Waals surface area contributed by atoms with Crippen LogP contribution in [-0.4, -0.2) is 81.7 Å². The summed E-state index contributed by atoms with van der Waals surface area (Å²) in [6.45, 7) is 6.03. The molecule has 40 heavy (non-hydrogen) atoms. The monoisotopic (exact) mass is 562 g/mol. The first-order valence-electron chi connectivity index (χ1n) is 14.9. The number of carbonyl (C=O) groups excluding carboxylic acids is 2. The number of fused-ring (bicyclic) bond motifs is 5. The van der Waals surface area contributed by atoms with Gasteiger partial charge in [0.15, 0.2) is 12.1 Å². The highest BCUT2D eigenvalue weighted by atomic mass is 16.7. The van der Waals surface area contributed by atoms with Gasteiger partial charge in [-0.15, -0.1) is 0 Å². The minimum atomic E-state index is -1.33. The van der Waals surface area contributed by atoms with Gasteiger partial charge in [0.05, 0.1) is 24.9 Å². The zero-order valence-corrected chi connectivity index (χ0v) is 24.1. The molecule has 1 saturated heterocycles. The zero-order valence-electron chi connectivity index (χ0n) is 24.1. The molecule has 0 amide bonds. The Morgan fingerprint density at radius 2 is 1.73 bits per heavy atom. The van der Waals surface area contributed by atoms with Gasteiger partial charge < -0.3 is 34.6 Å². The predicted molar refractivity (Wildman–Crippen MR) is 145 cm³/mol. The molecule has 4 N–H and O–H groups in total. The zero-order chi connectivity index (χ0) is 29.0. The predicted octanol–water partition coefficient (Wildman–Crippen LogP) is 2.58. The van der Waals surface area contributed by atoms with Crippen molar-refractivity contribution in [2.75, 3.05) is 7.11 Å². The van der Waals surface area contributed by atoms with Crippen LogP contribution in [-0.2, 0) is 23.8 Å². The van der Waals surface area contributed by atoms with E-state index in [1.807, 2.05) is 0 Å².